The molecule has 0 unspecified atom stereocenters. The van der Waals surface area contributed by atoms with Crippen LogP contribution in [-0.2, 0) is 13.0 Å². The van der Waals surface area contributed by atoms with Crippen LogP contribution in [0.3, 0.4) is 0 Å². The first-order valence-electron chi connectivity index (χ1n) is 7.20. The Hall–Kier alpha value is -1.40. The minimum Gasteiger partial charge on any atom is -0.356 e. The number of guanidine groups is 1. The number of nitrogens with zero attached hydrogens (tertiary/aromatic N) is 2. The van der Waals surface area contributed by atoms with Crippen molar-refractivity contribution in [1.29, 1.82) is 0 Å². The topological polar surface area (TPSA) is 49.3 Å². The molecule has 4 nitrogen and oxygen atoms in total. The van der Waals surface area contributed by atoms with Crippen LogP contribution in [0.2, 0.25) is 0 Å². The van der Waals surface area contributed by atoms with Gasteiger partial charge in [-0.3, -0.25) is 4.99 Å². The third-order valence-electron chi connectivity index (χ3n) is 3.28. The highest BCUT2D eigenvalue weighted by Crippen LogP contribution is 2.16. The molecule has 0 radical (unpaired) electrons. The number of thiazole rings is 1. The van der Waals surface area contributed by atoms with Gasteiger partial charge in [0.2, 0.25) is 0 Å². The molecule has 22 heavy (non-hydrogen) atoms. The molecule has 2 aromatic rings. The SMILES string of the molecule is CN=C(NCCc1nc(C)c(C)s1)NCc1cccc(Br)c1. The van der Waals surface area contributed by atoms with Gasteiger partial charge in [0.25, 0.3) is 0 Å². The summed E-state index contributed by atoms with van der Waals surface area (Å²) in [4.78, 5) is 10.1. The molecule has 0 spiro atoms. The summed E-state index contributed by atoms with van der Waals surface area (Å²) in [7, 11) is 1.79. The first-order valence-corrected chi connectivity index (χ1v) is 8.81. The molecule has 0 aliphatic carbocycles. The molecule has 0 bridgehead atoms. The quantitative estimate of drug-likeness (QED) is 0.616. The van der Waals surface area contributed by atoms with Crippen LogP contribution in [0.4, 0.5) is 0 Å². The van der Waals surface area contributed by atoms with Gasteiger partial charge in [0, 0.05) is 35.9 Å². The van der Waals surface area contributed by atoms with Gasteiger partial charge in [-0.1, -0.05) is 28.1 Å². The van der Waals surface area contributed by atoms with Crippen LogP contribution in [-0.4, -0.2) is 24.5 Å². The van der Waals surface area contributed by atoms with Gasteiger partial charge in [0.15, 0.2) is 5.96 Å². The molecule has 118 valence electrons. The van der Waals surface area contributed by atoms with E-state index < -0.39 is 0 Å². The minimum absolute atomic E-state index is 0.745. The molecule has 0 aliphatic heterocycles. The molecule has 1 aromatic carbocycles. The highest BCUT2D eigenvalue weighted by molar-refractivity contribution is 9.10. The Morgan fingerprint density at radius 2 is 2.14 bits per heavy atom. The molecule has 0 amide bonds. The van der Waals surface area contributed by atoms with E-state index in [0.717, 1.165) is 35.6 Å². The lowest BCUT2D eigenvalue weighted by Crippen LogP contribution is -2.37. The van der Waals surface area contributed by atoms with Crippen molar-refractivity contribution in [3.8, 4) is 0 Å². The van der Waals surface area contributed by atoms with Crippen LogP contribution in [0.25, 0.3) is 0 Å². The molecule has 2 rings (SSSR count). The predicted molar refractivity (Wildman–Crippen MR) is 97.6 cm³/mol. The van der Waals surface area contributed by atoms with Crippen LogP contribution in [0.5, 0.6) is 0 Å². The molecular formula is C16H21BrN4S. The van der Waals surface area contributed by atoms with E-state index in [1.54, 1.807) is 18.4 Å². The van der Waals surface area contributed by atoms with Crippen molar-refractivity contribution >= 4 is 33.2 Å². The van der Waals surface area contributed by atoms with Crippen molar-refractivity contribution in [2.45, 2.75) is 26.8 Å². The third-order valence-corrected chi connectivity index (χ3v) is 4.90. The van der Waals surface area contributed by atoms with Crippen molar-refractivity contribution in [1.82, 2.24) is 15.6 Å². The van der Waals surface area contributed by atoms with Gasteiger partial charge in [0.1, 0.15) is 0 Å². The smallest absolute Gasteiger partial charge is 0.191 e. The molecular weight excluding hydrogens is 360 g/mol. The highest BCUT2D eigenvalue weighted by atomic mass is 79.9. The lowest BCUT2D eigenvalue weighted by Gasteiger charge is -2.11. The maximum absolute atomic E-state index is 4.55. The van der Waals surface area contributed by atoms with Gasteiger partial charge in [-0.2, -0.15) is 0 Å². The third kappa shape index (κ3) is 5.10. The van der Waals surface area contributed by atoms with Gasteiger partial charge in [-0.25, -0.2) is 4.98 Å². The number of aromatic nitrogens is 1. The largest absolute Gasteiger partial charge is 0.356 e. The number of rotatable bonds is 5. The zero-order chi connectivity index (χ0) is 15.9. The van der Waals surface area contributed by atoms with E-state index >= 15 is 0 Å². The number of hydrogen-bond donors (Lipinski definition) is 2. The summed E-state index contributed by atoms with van der Waals surface area (Å²) < 4.78 is 1.09. The summed E-state index contributed by atoms with van der Waals surface area (Å²) in [5, 5.41) is 7.81. The number of aryl methyl sites for hydroxylation is 2. The van der Waals surface area contributed by atoms with E-state index in [2.05, 4.69) is 62.5 Å². The van der Waals surface area contributed by atoms with Gasteiger partial charge in [-0.05, 0) is 31.5 Å². The Morgan fingerprint density at radius 1 is 1.32 bits per heavy atom. The van der Waals surface area contributed by atoms with E-state index in [4.69, 9.17) is 0 Å². The Balaban J connectivity index is 1.78. The van der Waals surface area contributed by atoms with Gasteiger partial charge >= 0.3 is 0 Å². The van der Waals surface area contributed by atoms with Crippen LogP contribution >= 0.6 is 27.3 Å². The molecule has 0 atom stereocenters. The van der Waals surface area contributed by atoms with Crippen molar-refractivity contribution in [2.75, 3.05) is 13.6 Å². The number of benzene rings is 1. The summed E-state index contributed by atoms with van der Waals surface area (Å²) in [6.07, 6.45) is 0.914. The van der Waals surface area contributed by atoms with Crippen molar-refractivity contribution < 1.29 is 0 Å². The van der Waals surface area contributed by atoms with Crippen molar-refractivity contribution in [3.05, 3.63) is 49.9 Å². The fourth-order valence-corrected chi connectivity index (χ4v) is 3.37. The lowest BCUT2D eigenvalue weighted by atomic mass is 10.2. The van der Waals surface area contributed by atoms with Crippen LogP contribution < -0.4 is 10.6 Å². The standard InChI is InChI=1S/C16H21BrN4S/c1-11-12(2)22-15(21-11)7-8-19-16(18-3)20-10-13-5-4-6-14(17)9-13/h4-6,9H,7-8,10H2,1-3H3,(H2,18,19,20). The fourth-order valence-electron chi connectivity index (χ4n) is 1.99. The minimum atomic E-state index is 0.745. The summed E-state index contributed by atoms with van der Waals surface area (Å²) in [5.41, 5.74) is 2.35. The molecule has 1 heterocycles. The van der Waals surface area contributed by atoms with Crippen LogP contribution in [0, 0.1) is 13.8 Å². The number of aliphatic imine (C=N–C) groups is 1. The van der Waals surface area contributed by atoms with Gasteiger partial charge in [-0.15, -0.1) is 11.3 Å². The summed E-state index contributed by atoms with van der Waals surface area (Å²) in [5.74, 6) is 0.810. The molecule has 6 heteroatoms. The highest BCUT2D eigenvalue weighted by Gasteiger charge is 2.04. The first-order chi connectivity index (χ1) is 10.6. The average Bonchev–Trinajstić information content (AvgIpc) is 2.81. The average molecular weight is 381 g/mol. The number of hydrogen-bond acceptors (Lipinski definition) is 3. The summed E-state index contributed by atoms with van der Waals surface area (Å²) >= 11 is 5.25. The Labute approximate surface area is 144 Å². The zero-order valence-electron chi connectivity index (χ0n) is 13.1. The predicted octanol–water partition coefficient (Wildman–Crippen LogP) is 3.43. The monoisotopic (exact) mass is 380 g/mol. The van der Waals surface area contributed by atoms with Crippen LogP contribution in [0.1, 0.15) is 21.1 Å². The van der Waals surface area contributed by atoms with E-state index in [1.807, 2.05) is 12.1 Å². The van der Waals surface area contributed by atoms with Gasteiger partial charge in [0.05, 0.1) is 10.7 Å². The zero-order valence-corrected chi connectivity index (χ0v) is 15.5. The second kappa shape index (κ2) is 8.29. The fraction of sp³-hybridized carbons (Fsp3) is 0.375. The Morgan fingerprint density at radius 3 is 2.77 bits per heavy atom. The molecule has 0 fully saturated rings. The first kappa shape index (κ1) is 17.0. The second-order valence-corrected chi connectivity index (χ2v) is 7.19. The lowest BCUT2D eigenvalue weighted by molar-refractivity contribution is 0.790. The molecule has 0 saturated carbocycles. The second-order valence-electron chi connectivity index (χ2n) is 4.98. The molecule has 2 N–H and O–H groups in total. The van der Waals surface area contributed by atoms with E-state index in [9.17, 15) is 0 Å². The van der Waals surface area contributed by atoms with E-state index in [0.29, 0.717) is 0 Å². The Bertz CT molecular complexity index is 632. The van der Waals surface area contributed by atoms with E-state index in [1.165, 1.54) is 15.4 Å². The number of nitrogens with one attached hydrogen (secondary N) is 2. The van der Waals surface area contributed by atoms with Crippen LogP contribution in [0.15, 0.2) is 33.7 Å². The summed E-state index contributed by atoms with van der Waals surface area (Å²) in [6.45, 7) is 5.74. The van der Waals surface area contributed by atoms with Gasteiger partial charge < -0.3 is 10.6 Å². The number of halogens is 1. The normalized spacial score (nSPS) is 11.5. The van der Waals surface area contributed by atoms with Crippen molar-refractivity contribution in [3.63, 3.8) is 0 Å². The molecule has 1 aromatic heterocycles. The Kier molecular flexibility index (Phi) is 6.39. The molecule has 0 aliphatic rings. The van der Waals surface area contributed by atoms with E-state index in [-0.39, 0.29) is 0 Å². The molecule has 0 saturated heterocycles. The van der Waals surface area contributed by atoms with Crippen molar-refractivity contribution in [2.24, 2.45) is 4.99 Å². The maximum atomic E-state index is 4.55. The summed E-state index contributed by atoms with van der Waals surface area (Å²) in [6, 6.07) is 8.24. The maximum Gasteiger partial charge on any atom is 0.191 e.